The van der Waals surface area contributed by atoms with Crippen LogP contribution in [-0.4, -0.2) is 17.4 Å². The third-order valence-electron chi connectivity index (χ3n) is 3.35. The number of fused-ring (bicyclic) bond motifs is 1. The summed E-state index contributed by atoms with van der Waals surface area (Å²) in [5.41, 5.74) is 0.199. The first-order chi connectivity index (χ1) is 6.61. The van der Waals surface area contributed by atoms with E-state index in [9.17, 15) is 15.0 Å². The largest absolute Gasteiger partial charge is 0.545 e. The lowest BCUT2D eigenvalue weighted by atomic mass is 9.84. The predicted octanol–water partition coefficient (Wildman–Crippen LogP) is -0.369. The Bertz CT molecular complexity index is 284. The van der Waals surface area contributed by atoms with Crippen molar-refractivity contribution >= 4 is 5.97 Å². The lowest BCUT2D eigenvalue weighted by Crippen LogP contribution is -2.39. The molecule has 4 atom stereocenters. The number of hydrogen-bond donors (Lipinski definition) is 1. The number of aliphatic carboxylic acids is 1. The molecule has 1 saturated carbocycles. The van der Waals surface area contributed by atoms with Crippen molar-refractivity contribution in [2.75, 3.05) is 0 Å². The molecule has 1 heterocycles. The second kappa shape index (κ2) is 3.28. The molecule has 2 aliphatic rings. The number of hydrogen-bond acceptors (Lipinski definition) is 4. The molecule has 14 heavy (non-hydrogen) atoms. The van der Waals surface area contributed by atoms with Gasteiger partial charge in [-0.25, -0.2) is 0 Å². The first-order valence-corrected chi connectivity index (χ1v) is 4.86. The van der Waals surface area contributed by atoms with Gasteiger partial charge >= 0.3 is 0 Å². The van der Waals surface area contributed by atoms with Crippen LogP contribution in [0.5, 0.6) is 0 Å². The maximum atomic E-state index is 10.8. The number of carbonyl (C=O) groups excluding carboxylic acids is 1. The van der Waals surface area contributed by atoms with E-state index < -0.39 is 12.3 Å². The molecule has 1 N–H and O–H groups in total. The van der Waals surface area contributed by atoms with E-state index >= 15 is 0 Å². The molecule has 0 unspecified atom stereocenters. The van der Waals surface area contributed by atoms with Crippen LogP contribution >= 0.6 is 0 Å². The average Bonchev–Trinajstić information content (AvgIpc) is 2.49. The molecule has 2 rings (SSSR count). The third kappa shape index (κ3) is 1.30. The van der Waals surface area contributed by atoms with Crippen LogP contribution in [0.1, 0.15) is 19.8 Å². The molecule has 0 radical (unpaired) electrons. The van der Waals surface area contributed by atoms with Crippen molar-refractivity contribution in [3.05, 3.63) is 11.8 Å². The highest BCUT2D eigenvalue weighted by atomic mass is 16.6. The van der Waals surface area contributed by atoms with Crippen molar-refractivity contribution in [3.8, 4) is 0 Å². The van der Waals surface area contributed by atoms with Gasteiger partial charge in [-0.1, -0.05) is 6.92 Å². The highest BCUT2D eigenvalue weighted by molar-refractivity contribution is 5.85. The first-order valence-electron chi connectivity index (χ1n) is 4.86. The molecule has 4 nitrogen and oxygen atoms in total. The Hall–Kier alpha value is -1.03. The van der Waals surface area contributed by atoms with E-state index in [0.29, 0.717) is 5.92 Å². The predicted molar refractivity (Wildman–Crippen MR) is 45.6 cm³/mol. The van der Waals surface area contributed by atoms with E-state index in [1.807, 2.05) is 6.92 Å². The van der Waals surface area contributed by atoms with E-state index in [4.69, 9.17) is 4.74 Å². The molecule has 4 heteroatoms. The summed E-state index contributed by atoms with van der Waals surface area (Å²) in [6, 6.07) is 0. The molecule has 0 aromatic rings. The van der Waals surface area contributed by atoms with E-state index in [-0.39, 0.29) is 17.4 Å². The fourth-order valence-electron chi connectivity index (χ4n) is 2.59. The van der Waals surface area contributed by atoms with Gasteiger partial charge in [0.2, 0.25) is 0 Å². The summed E-state index contributed by atoms with van der Waals surface area (Å²) < 4.78 is 4.91. The van der Waals surface area contributed by atoms with Crippen molar-refractivity contribution in [2.45, 2.75) is 26.1 Å². The SMILES string of the molecule is C[C@H]1CC[C@@H]2C(C(=O)[O-])=CO[C@@H](O)[C@@H]21. The van der Waals surface area contributed by atoms with Gasteiger partial charge < -0.3 is 19.7 Å². The fraction of sp³-hybridized carbons (Fsp3) is 0.700. The van der Waals surface area contributed by atoms with Gasteiger partial charge in [-0.05, 0) is 24.7 Å². The van der Waals surface area contributed by atoms with Crippen molar-refractivity contribution in [3.63, 3.8) is 0 Å². The minimum absolute atomic E-state index is 0.0899. The zero-order valence-corrected chi connectivity index (χ0v) is 7.97. The van der Waals surface area contributed by atoms with Crippen LogP contribution in [0.3, 0.4) is 0 Å². The number of aliphatic hydroxyl groups is 1. The molecule has 0 amide bonds. The molecular weight excluding hydrogens is 184 g/mol. The maximum absolute atomic E-state index is 10.8. The van der Waals surface area contributed by atoms with Crippen LogP contribution in [0.4, 0.5) is 0 Å². The highest BCUT2D eigenvalue weighted by Crippen LogP contribution is 2.45. The topological polar surface area (TPSA) is 69.6 Å². The monoisotopic (exact) mass is 197 g/mol. The number of aliphatic hydroxyl groups excluding tert-OH is 1. The Labute approximate surface area is 82.2 Å². The summed E-state index contributed by atoms with van der Waals surface area (Å²) in [6.07, 6.45) is 2.01. The standard InChI is InChI=1S/C10H14O4/c1-5-2-3-6-7(9(11)12)4-14-10(13)8(5)6/h4-6,8,10,13H,2-3H2,1H3,(H,11,12)/p-1/t5-,6+,8+,10+/m0/s1. The minimum Gasteiger partial charge on any atom is -0.545 e. The quantitative estimate of drug-likeness (QED) is 0.622. The van der Waals surface area contributed by atoms with Gasteiger partial charge in [-0.2, -0.15) is 0 Å². The summed E-state index contributed by atoms with van der Waals surface area (Å²) in [5.74, 6) is -1.06. The molecule has 1 fully saturated rings. The smallest absolute Gasteiger partial charge is 0.200 e. The summed E-state index contributed by atoms with van der Waals surface area (Å²) in [4.78, 5) is 10.8. The van der Waals surface area contributed by atoms with Crippen molar-refractivity contribution in [1.82, 2.24) is 0 Å². The Balaban J connectivity index is 2.28. The average molecular weight is 197 g/mol. The molecular formula is C10H13O4-. The van der Waals surface area contributed by atoms with Gasteiger partial charge in [0.05, 0.1) is 12.2 Å². The normalized spacial score (nSPS) is 41.1. The number of carboxylic acid groups (broad SMARTS) is 1. The fourth-order valence-corrected chi connectivity index (χ4v) is 2.59. The van der Waals surface area contributed by atoms with E-state index in [2.05, 4.69) is 0 Å². The molecule has 0 aromatic heterocycles. The Morgan fingerprint density at radius 1 is 1.64 bits per heavy atom. The molecule has 0 bridgehead atoms. The van der Waals surface area contributed by atoms with Crippen molar-refractivity contribution in [2.24, 2.45) is 17.8 Å². The van der Waals surface area contributed by atoms with E-state index in [1.165, 1.54) is 0 Å². The number of carboxylic acids is 1. The van der Waals surface area contributed by atoms with Crippen LogP contribution in [-0.2, 0) is 9.53 Å². The van der Waals surface area contributed by atoms with E-state index in [0.717, 1.165) is 19.1 Å². The molecule has 1 aliphatic heterocycles. The van der Waals surface area contributed by atoms with Gasteiger partial charge in [-0.15, -0.1) is 0 Å². The Morgan fingerprint density at radius 2 is 2.36 bits per heavy atom. The van der Waals surface area contributed by atoms with Gasteiger partial charge in [-0.3, -0.25) is 0 Å². The molecule has 1 aliphatic carbocycles. The zero-order valence-electron chi connectivity index (χ0n) is 7.97. The second-order valence-corrected chi connectivity index (χ2v) is 4.13. The molecule has 0 saturated heterocycles. The molecule has 0 spiro atoms. The highest BCUT2D eigenvalue weighted by Gasteiger charge is 2.43. The van der Waals surface area contributed by atoms with Crippen molar-refractivity contribution in [1.29, 1.82) is 0 Å². The van der Waals surface area contributed by atoms with Gasteiger partial charge in [0.15, 0.2) is 6.29 Å². The minimum atomic E-state index is -1.18. The second-order valence-electron chi connectivity index (χ2n) is 4.13. The summed E-state index contributed by atoms with van der Waals surface area (Å²) in [5, 5.41) is 20.3. The number of ether oxygens (including phenoxy) is 1. The first kappa shape index (κ1) is 9.52. The summed E-state index contributed by atoms with van der Waals surface area (Å²) in [7, 11) is 0. The lowest BCUT2D eigenvalue weighted by Gasteiger charge is -2.33. The lowest BCUT2D eigenvalue weighted by molar-refractivity contribution is -0.301. The molecule has 78 valence electrons. The Morgan fingerprint density at radius 3 is 3.00 bits per heavy atom. The zero-order chi connectivity index (χ0) is 10.3. The number of rotatable bonds is 1. The van der Waals surface area contributed by atoms with Gasteiger partial charge in [0.25, 0.3) is 0 Å². The number of carbonyl (C=O) groups is 1. The van der Waals surface area contributed by atoms with Crippen molar-refractivity contribution < 1.29 is 19.7 Å². The van der Waals surface area contributed by atoms with Crippen LogP contribution in [0, 0.1) is 17.8 Å². The molecule has 0 aromatic carbocycles. The third-order valence-corrected chi connectivity index (χ3v) is 3.35. The van der Waals surface area contributed by atoms with Crippen LogP contribution in [0.2, 0.25) is 0 Å². The van der Waals surface area contributed by atoms with Crippen LogP contribution in [0.25, 0.3) is 0 Å². The maximum Gasteiger partial charge on any atom is 0.200 e. The van der Waals surface area contributed by atoms with Crippen LogP contribution in [0.15, 0.2) is 11.8 Å². The summed E-state index contributed by atoms with van der Waals surface area (Å²) in [6.45, 7) is 2.01. The van der Waals surface area contributed by atoms with Gasteiger partial charge in [0.1, 0.15) is 0 Å². The Kier molecular flexibility index (Phi) is 2.23. The summed E-state index contributed by atoms with van der Waals surface area (Å²) >= 11 is 0. The van der Waals surface area contributed by atoms with Gasteiger partial charge in [0, 0.05) is 11.5 Å². The van der Waals surface area contributed by atoms with Crippen LogP contribution < -0.4 is 5.11 Å². The van der Waals surface area contributed by atoms with E-state index in [1.54, 1.807) is 0 Å².